The lowest BCUT2D eigenvalue weighted by Gasteiger charge is -2.08. The largest absolute Gasteiger partial charge is 0.412 e. The molecule has 1 rings (SSSR count). The van der Waals surface area contributed by atoms with Crippen molar-refractivity contribution in [3.8, 4) is 0 Å². The molecule has 1 heterocycles. The number of aromatic amines is 1. The number of aliphatic hydroxyl groups excluding tert-OH is 1. The second kappa shape index (κ2) is 37.5. The van der Waals surface area contributed by atoms with Crippen LogP contribution >= 0.6 is 0 Å². The van der Waals surface area contributed by atoms with E-state index in [1.807, 2.05) is 20.8 Å². The Morgan fingerprint density at radius 1 is 0.771 bits per heavy atom. The summed E-state index contributed by atoms with van der Waals surface area (Å²) < 4.78 is 26.3. The van der Waals surface area contributed by atoms with Crippen molar-refractivity contribution in [2.75, 3.05) is 18.9 Å². The molecular weight excluding hydrogens is 642 g/mol. The molecule has 48 heavy (non-hydrogen) atoms. The fourth-order valence-corrected chi connectivity index (χ4v) is 5.48. The van der Waals surface area contributed by atoms with E-state index in [0.29, 0.717) is 25.5 Å². The van der Waals surface area contributed by atoms with Crippen LogP contribution in [0.5, 0.6) is 0 Å². The number of nitrogens with one attached hydrogen (secondary N) is 3. The molecule has 0 aliphatic rings. The number of aliphatic hydroxyl groups is 1. The maximum atomic E-state index is 12.1. The highest BCUT2D eigenvalue weighted by molar-refractivity contribution is 7.90. The number of aryl methyl sites for hydroxylation is 1. The highest BCUT2D eigenvalue weighted by Crippen LogP contribution is 2.13. The number of nitrogens with two attached hydrogens (primary N) is 1. The van der Waals surface area contributed by atoms with Gasteiger partial charge in [-0.15, -0.1) is 10.2 Å². The zero-order valence-corrected chi connectivity index (χ0v) is 31.1. The summed E-state index contributed by atoms with van der Waals surface area (Å²) in [4.78, 5) is 23.8. The zero-order valence-electron chi connectivity index (χ0n) is 30.2. The third-order valence-corrected chi connectivity index (χ3v) is 8.42. The molecule has 0 bridgehead atoms. The molecule has 16 N–H and O–H groups in total. The van der Waals surface area contributed by atoms with Crippen molar-refractivity contribution in [3.63, 3.8) is 0 Å². The van der Waals surface area contributed by atoms with Crippen molar-refractivity contribution in [1.29, 1.82) is 0 Å². The quantitative estimate of drug-likeness (QED) is 0.0647. The van der Waals surface area contributed by atoms with E-state index in [2.05, 4.69) is 30.7 Å². The van der Waals surface area contributed by atoms with Gasteiger partial charge in [0.1, 0.15) is 0 Å². The van der Waals surface area contributed by atoms with Crippen LogP contribution in [0.3, 0.4) is 0 Å². The van der Waals surface area contributed by atoms with Crippen LogP contribution in [-0.2, 0) is 26.0 Å². The SMILES string of the molecule is CC(C)CO.C[C@@H](N)CCCCNC(=O)CCCS(=O)(=O)NC(=O)CCCCCCCCCCCCCCCc1nn[nH]n1.N.N.O.O. The summed E-state index contributed by atoms with van der Waals surface area (Å²) in [5.74, 6) is 0.398. The standard InChI is InChI=1S/C27H53N7O4S.C4H10O.2H3N.2H2O/c1-24(28)18-15-16-22-29-26(35)21-17-23-39(37,38)32-27(36)20-14-12-10-8-6-4-2-3-5-7-9-11-13-19-25-30-33-34-31-25;1-4(2)3-5;;;;/h24H,2-23,28H2,1H3,(H,29,35)(H,32,36)(H,30,31,33,34);4-5H,3H2,1-2H3;2*1H3;2*1H2/t24-;;;;;/m1...../s1. The molecule has 16 nitrogen and oxygen atoms in total. The molecule has 290 valence electrons. The maximum absolute atomic E-state index is 12.1. The summed E-state index contributed by atoms with van der Waals surface area (Å²) in [7, 11) is -3.70. The fourth-order valence-electron chi connectivity index (χ4n) is 4.41. The summed E-state index contributed by atoms with van der Waals surface area (Å²) in [6.45, 7) is 6.77. The van der Waals surface area contributed by atoms with E-state index >= 15 is 0 Å². The number of H-pyrrole nitrogens is 1. The number of rotatable bonds is 27. The second-order valence-corrected chi connectivity index (χ2v) is 14.1. The average molecular weight is 716 g/mol. The van der Waals surface area contributed by atoms with E-state index in [1.54, 1.807) is 0 Å². The molecule has 2 amide bonds. The van der Waals surface area contributed by atoms with Crippen LogP contribution in [0.4, 0.5) is 0 Å². The van der Waals surface area contributed by atoms with Gasteiger partial charge in [0, 0.05) is 38.5 Å². The number of sulfonamides is 1. The predicted molar refractivity (Wildman–Crippen MR) is 193 cm³/mol. The van der Waals surface area contributed by atoms with Crippen LogP contribution in [0.2, 0.25) is 0 Å². The number of nitrogens with zero attached hydrogens (tertiary/aromatic N) is 3. The van der Waals surface area contributed by atoms with Crippen LogP contribution in [0.25, 0.3) is 0 Å². The molecule has 0 spiro atoms. The van der Waals surface area contributed by atoms with E-state index in [0.717, 1.165) is 57.2 Å². The molecule has 0 fully saturated rings. The Morgan fingerprint density at radius 3 is 1.71 bits per heavy atom. The minimum Gasteiger partial charge on any atom is -0.412 e. The van der Waals surface area contributed by atoms with E-state index in [4.69, 9.17) is 10.8 Å². The summed E-state index contributed by atoms with van der Waals surface area (Å²) in [5, 5.41) is 24.9. The number of hydrogen-bond acceptors (Lipinski definition) is 11. The highest BCUT2D eigenvalue weighted by Gasteiger charge is 2.15. The second-order valence-electron chi connectivity index (χ2n) is 12.3. The number of tetrazole rings is 1. The van der Waals surface area contributed by atoms with Crippen LogP contribution in [0.1, 0.15) is 149 Å². The highest BCUT2D eigenvalue weighted by atomic mass is 32.2. The van der Waals surface area contributed by atoms with Crippen LogP contribution < -0.4 is 28.1 Å². The van der Waals surface area contributed by atoms with Crippen LogP contribution in [-0.4, -0.2) is 81.9 Å². The minimum absolute atomic E-state index is 0. The molecule has 0 aromatic carbocycles. The number of hydrogen-bond donors (Lipinski definition) is 7. The van der Waals surface area contributed by atoms with Crippen LogP contribution in [0, 0.1) is 5.92 Å². The summed E-state index contributed by atoms with van der Waals surface area (Å²) >= 11 is 0. The first-order valence-electron chi connectivity index (χ1n) is 16.9. The summed E-state index contributed by atoms with van der Waals surface area (Å²) in [6.07, 6.45) is 19.2. The van der Waals surface area contributed by atoms with Crippen molar-refractivity contribution in [1.82, 2.24) is 43.0 Å². The van der Waals surface area contributed by atoms with Gasteiger partial charge in [-0.1, -0.05) is 96.1 Å². The molecule has 1 atom stereocenters. The smallest absolute Gasteiger partial charge is 0.234 e. The van der Waals surface area contributed by atoms with Gasteiger partial charge >= 0.3 is 0 Å². The Morgan fingerprint density at radius 2 is 1.25 bits per heavy atom. The van der Waals surface area contributed by atoms with Gasteiger partial charge in [-0.25, -0.2) is 8.42 Å². The van der Waals surface area contributed by atoms with Crippen LogP contribution in [0.15, 0.2) is 0 Å². The Hall–Kier alpha value is -2.28. The van der Waals surface area contributed by atoms with Gasteiger partial charge in [0.2, 0.25) is 21.8 Å². The molecule has 17 heteroatoms. The van der Waals surface area contributed by atoms with Gasteiger partial charge < -0.3 is 39.4 Å². The van der Waals surface area contributed by atoms with Crippen molar-refractivity contribution >= 4 is 21.8 Å². The number of unbranched alkanes of at least 4 members (excludes halogenated alkanes) is 13. The lowest BCUT2D eigenvalue weighted by atomic mass is 10.0. The molecule has 0 saturated heterocycles. The number of aromatic nitrogens is 4. The Balaban J connectivity index is -0.000000634. The van der Waals surface area contributed by atoms with Crippen molar-refractivity contribution < 1.29 is 34.1 Å². The number of carbonyl (C=O) groups excluding carboxylic acids is 2. The average Bonchev–Trinajstić information content (AvgIpc) is 3.48. The van der Waals surface area contributed by atoms with Gasteiger partial charge in [0.25, 0.3) is 0 Å². The van der Waals surface area contributed by atoms with Crippen molar-refractivity contribution in [2.24, 2.45) is 11.7 Å². The molecule has 0 unspecified atom stereocenters. The Kier molecular flexibility index (Phi) is 43.1. The van der Waals surface area contributed by atoms with Gasteiger partial charge in [-0.2, -0.15) is 5.21 Å². The molecular formula is C31H73N9O7S. The third kappa shape index (κ3) is 39.9. The Bertz CT molecular complexity index is 923. The molecule has 0 aliphatic heterocycles. The van der Waals surface area contributed by atoms with E-state index in [1.165, 1.54) is 51.4 Å². The monoisotopic (exact) mass is 716 g/mol. The lowest BCUT2D eigenvalue weighted by molar-refractivity contribution is -0.121. The first-order chi connectivity index (χ1) is 21.1. The number of carbonyl (C=O) groups is 2. The zero-order chi connectivity index (χ0) is 32.9. The van der Waals surface area contributed by atoms with Gasteiger partial charge in [0.15, 0.2) is 5.82 Å². The van der Waals surface area contributed by atoms with Gasteiger partial charge in [0.05, 0.1) is 5.75 Å². The first-order valence-corrected chi connectivity index (χ1v) is 18.6. The van der Waals surface area contributed by atoms with Crippen molar-refractivity contribution in [2.45, 2.75) is 155 Å². The van der Waals surface area contributed by atoms with E-state index in [9.17, 15) is 18.0 Å². The minimum atomic E-state index is -3.70. The normalized spacial score (nSPS) is 11.0. The van der Waals surface area contributed by atoms with Gasteiger partial charge in [-0.05, 0) is 44.9 Å². The van der Waals surface area contributed by atoms with E-state index < -0.39 is 15.9 Å². The lowest BCUT2D eigenvalue weighted by Crippen LogP contribution is -2.33. The van der Waals surface area contributed by atoms with Gasteiger partial charge in [-0.3, -0.25) is 14.3 Å². The van der Waals surface area contributed by atoms with Crippen molar-refractivity contribution in [3.05, 3.63) is 5.82 Å². The summed E-state index contributed by atoms with van der Waals surface area (Å²) in [5.41, 5.74) is 5.69. The molecule has 1 aromatic rings. The molecule has 0 saturated carbocycles. The topological polar surface area (TPSA) is 326 Å². The fraction of sp³-hybridized carbons (Fsp3) is 0.903. The molecule has 0 radical (unpaired) electrons. The van der Waals surface area contributed by atoms with E-state index in [-0.39, 0.29) is 60.2 Å². The molecule has 0 aliphatic carbocycles. The predicted octanol–water partition coefficient (Wildman–Crippen LogP) is 3.37. The maximum Gasteiger partial charge on any atom is 0.234 e. The summed E-state index contributed by atoms with van der Waals surface area (Å²) in [6, 6.07) is 0.161. The number of amides is 2. The molecule has 1 aromatic heterocycles. The first kappa shape index (κ1) is 55.1. The Labute approximate surface area is 290 Å². The third-order valence-electron chi connectivity index (χ3n) is 7.05.